The van der Waals surface area contributed by atoms with Gasteiger partial charge in [-0.05, 0) is 41.7 Å². The van der Waals surface area contributed by atoms with E-state index in [1.54, 1.807) is 14.2 Å². The van der Waals surface area contributed by atoms with Gasteiger partial charge in [-0.3, -0.25) is 9.59 Å². The second-order valence-corrected chi connectivity index (χ2v) is 7.22. The highest BCUT2D eigenvalue weighted by atomic mass is 16.5. The molecule has 7 nitrogen and oxygen atoms in total. The maximum Gasteiger partial charge on any atom is 0.287 e. The molecule has 0 saturated heterocycles. The van der Waals surface area contributed by atoms with Gasteiger partial charge in [0, 0.05) is 6.07 Å². The Balaban J connectivity index is 1.45. The molecular weight excluding hydrogens is 398 g/mol. The zero-order valence-electron chi connectivity index (χ0n) is 17.3. The molecule has 0 aliphatic heterocycles. The molecule has 3 aromatic rings. The van der Waals surface area contributed by atoms with Gasteiger partial charge in [-0.1, -0.05) is 30.3 Å². The molecule has 31 heavy (non-hydrogen) atoms. The van der Waals surface area contributed by atoms with E-state index in [4.69, 9.17) is 18.6 Å². The first-order chi connectivity index (χ1) is 15.1. The number of methoxy groups -OCH3 is 2. The van der Waals surface area contributed by atoms with Gasteiger partial charge in [0.15, 0.2) is 17.3 Å². The van der Waals surface area contributed by atoms with Gasteiger partial charge >= 0.3 is 0 Å². The first-order valence-electron chi connectivity index (χ1n) is 9.94. The molecule has 0 fully saturated rings. The Morgan fingerprint density at radius 2 is 1.81 bits per heavy atom. The van der Waals surface area contributed by atoms with E-state index in [9.17, 15) is 9.59 Å². The number of hydrogen-bond acceptors (Lipinski definition) is 6. The predicted octanol–water partition coefficient (Wildman–Crippen LogP) is 3.65. The summed E-state index contributed by atoms with van der Waals surface area (Å²) >= 11 is 0. The van der Waals surface area contributed by atoms with Crippen LogP contribution in [0.15, 0.2) is 64.0 Å². The lowest BCUT2D eigenvalue weighted by Crippen LogP contribution is -2.28. The van der Waals surface area contributed by atoms with Gasteiger partial charge in [-0.25, -0.2) is 0 Å². The molecular formula is C24H23NO6. The van der Waals surface area contributed by atoms with Gasteiger partial charge in [-0.2, -0.15) is 0 Å². The normalized spacial score (nSPS) is 14.6. The van der Waals surface area contributed by atoms with Crippen LogP contribution in [0, 0.1) is 0 Å². The van der Waals surface area contributed by atoms with Crippen LogP contribution in [0.5, 0.6) is 17.2 Å². The summed E-state index contributed by atoms with van der Waals surface area (Å²) in [6, 6.07) is 14.2. The van der Waals surface area contributed by atoms with E-state index < -0.39 is 11.3 Å². The predicted molar refractivity (Wildman–Crippen MR) is 114 cm³/mol. The third-order valence-electron chi connectivity index (χ3n) is 5.29. The number of fused-ring (bicyclic) bond motifs is 1. The van der Waals surface area contributed by atoms with E-state index in [2.05, 4.69) is 5.32 Å². The topological polar surface area (TPSA) is 87.0 Å². The largest absolute Gasteiger partial charge is 0.493 e. The maximum absolute atomic E-state index is 12.7. The summed E-state index contributed by atoms with van der Waals surface area (Å²) in [5.41, 5.74) is 2.58. The highest BCUT2D eigenvalue weighted by Crippen LogP contribution is 2.39. The molecule has 0 radical (unpaired) electrons. The lowest BCUT2D eigenvalue weighted by atomic mass is 10.1. The molecule has 1 amide bonds. The average molecular weight is 421 g/mol. The summed E-state index contributed by atoms with van der Waals surface area (Å²) in [5.74, 6) is 0.799. The molecule has 0 spiro atoms. The number of nitrogens with one attached hydrogen (secondary N) is 1. The van der Waals surface area contributed by atoms with E-state index in [1.165, 1.54) is 6.26 Å². The summed E-state index contributed by atoms with van der Waals surface area (Å²) in [6.45, 7) is 0.237. The summed E-state index contributed by atoms with van der Waals surface area (Å²) in [7, 11) is 3.16. The second-order valence-electron chi connectivity index (χ2n) is 7.22. The van der Waals surface area contributed by atoms with Crippen LogP contribution in [0.2, 0.25) is 0 Å². The van der Waals surface area contributed by atoms with Crippen molar-refractivity contribution >= 4 is 5.91 Å². The second kappa shape index (κ2) is 8.95. The zero-order chi connectivity index (χ0) is 21.8. The van der Waals surface area contributed by atoms with Crippen LogP contribution in [0.25, 0.3) is 0 Å². The van der Waals surface area contributed by atoms with Gasteiger partial charge in [0.1, 0.15) is 12.9 Å². The first kappa shape index (κ1) is 20.5. The van der Waals surface area contributed by atoms with E-state index in [1.807, 2.05) is 42.5 Å². The van der Waals surface area contributed by atoms with Crippen molar-refractivity contribution in [1.29, 1.82) is 0 Å². The van der Waals surface area contributed by atoms with Crippen molar-refractivity contribution < 1.29 is 23.4 Å². The molecule has 2 aromatic carbocycles. The minimum absolute atomic E-state index is 0.0587. The van der Waals surface area contributed by atoms with Crippen molar-refractivity contribution in [2.24, 2.45) is 0 Å². The van der Waals surface area contributed by atoms with Crippen LogP contribution in [0.1, 0.15) is 39.7 Å². The number of ether oxygens (including phenoxy) is 3. The Kier molecular flexibility index (Phi) is 5.93. The summed E-state index contributed by atoms with van der Waals surface area (Å²) < 4.78 is 21.6. The Morgan fingerprint density at radius 3 is 2.52 bits per heavy atom. The minimum Gasteiger partial charge on any atom is -0.493 e. The lowest BCUT2D eigenvalue weighted by Gasteiger charge is -2.16. The van der Waals surface area contributed by atoms with Crippen molar-refractivity contribution in [2.75, 3.05) is 14.2 Å². The fourth-order valence-corrected chi connectivity index (χ4v) is 3.67. The molecule has 1 atom stereocenters. The third-order valence-corrected chi connectivity index (χ3v) is 5.29. The number of benzene rings is 2. The highest BCUT2D eigenvalue weighted by molar-refractivity contribution is 5.91. The van der Waals surface area contributed by atoms with Crippen molar-refractivity contribution in [3.63, 3.8) is 0 Å². The quantitative estimate of drug-likeness (QED) is 0.627. The molecule has 1 aromatic heterocycles. The first-order valence-corrected chi connectivity index (χ1v) is 9.94. The van der Waals surface area contributed by atoms with E-state index in [0.29, 0.717) is 11.5 Å². The van der Waals surface area contributed by atoms with Gasteiger partial charge in [0.2, 0.25) is 11.2 Å². The monoisotopic (exact) mass is 421 g/mol. The summed E-state index contributed by atoms with van der Waals surface area (Å²) in [5, 5.41) is 2.94. The SMILES string of the molecule is COc1cc2c(cc1OC)[C@@H](NC(=O)c1cc(=O)c(OCc3ccccc3)co1)CC2. The molecule has 7 heteroatoms. The van der Waals surface area contributed by atoms with Gasteiger partial charge in [-0.15, -0.1) is 0 Å². The molecule has 160 valence electrons. The fourth-order valence-electron chi connectivity index (χ4n) is 3.67. The van der Waals surface area contributed by atoms with E-state index >= 15 is 0 Å². The molecule has 1 heterocycles. The Hall–Kier alpha value is -3.74. The van der Waals surface area contributed by atoms with E-state index in [-0.39, 0.29) is 24.2 Å². The van der Waals surface area contributed by atoms with Crippen LogP contribution >= 0.6 is 0 Å². The maximum atomic E-state index is 12.7. The van der Waals surface area contributed by atoms with Crippen molar-refractivity contribution in [3.05, 3.63) is 87.5 Å². The summed E-state index contributed by atoms with van der Waals surface area (Å²) in [6.07, 6.45) is 2.72. The van der Waals surface area contributed by atoms with Crippen LogP contribution in [0.3, 0.4) is 0 Å². The Bertz CT molecular complexity index is 1140. The van der Waals surface area contributed by atoms with Crippen LogP contribution in [-0.4, -0.2) is 20.1 Å². The van der Waals surface area contributed by atoms with Crippen molar-refractivity contribution in [2.45, 2.75) is 25.5 Å². The third kappa shape index (κ3) is 4.40. The number of carbonyl (C=O) groups is 1. The molecule has 0 bridgehead atoms. The van der Waals surface area contributed by atoms with Gasteiger partial charge < -0.3 is 23.9 Å². The number of rotatable bonds is 7. The minimum atomic E-state index is -0.459. The average Bonchev–Trinajstić information content (AvgIpc) is 3.19. The lowest BCUT2D eigenvalue weighted by molar-refractivity contribution is 0.0905. The fraction of sp³-hybridized carbons (Fsp3) is 0.250. The van der Waals surface area contributed by atoms with Gasteiger partial charge in [0.05, 0.1) is 20.3 Å². The number of amides is 1. The highest BCUT2D eigenvalue weighted by Gasteiger charge is 2.27. The smallest absolute Gasteiger partial charge is 0.287 e. The van der Waals surface area contributed by atoms with Crippen LogP contribution < -0.4 is 25.0 Å². The molecule has 1 N–H and O–H groups in total. The zero-order valence-corrected chi connectivity index (χ0v) is 17.3. The van der Waals surface area contributed by atoms with Gasteiger partial charge in [0.25, 0.3) is 5.91 Å². The molecule has 1 aliphatic rings. The Labute approximate surface area is 179 Å². The Morgan fingerprint density at radius 1 is 1.06 bits per heavy atom. The summed E-state index contributed by atoms with van der Waals surface area (Å²) in [4.78, 5) is 25.1. The van der Waals surface area contributed by atoms with Crippen LogP contribution in [-0.2, 0) is 13.0 Å². The number of hydrogen-bond donors (Lipinski definition) is 1. The van der Waals surface area contributed by atoms with Crippen LogP contribution in [0.4, 0.5) is 0 Å². The van der Waals surface area contributed by atoms with Crippen molar-refractivity contribution in [3.8, 4) is 17.2 Å². The van der Waals surface area contributed by atoms with E-state index in [0.717, 1.165) is 35.6 Å². The molecule has 0 saturated carbocycles. The molecule has 4 rings (SSSR count). The molecule has 0 unspecified atom stereocenters. The standard InChI is InChI=1S/C24H23NO6/c1-28-20-10-16-8-9-18(17(16)11-21(20)29-2)25-24(27)22-12-19(26)23(14-31-22)30-13-15-6-4-3-5-7-15/h3-7,10-12,14,18H,8-9,13H2,1-2H3,(H,25,27)/t18-/m0/s1. The molecule has 1 aliphatic carbocycles. The number of aryl methyl sites for hydroxylation is 1. The number of carbonyl (C=O) groups excluding carboxylic acids is 1. The van der Waals surface area contributed by atoms with Crippen molar-refractivity contribution in [1.82, 2.24) is 5.32 Å².